The Kier molecular flexibility index (Phi) is 11.8. The molecule has 0 aromatic carbocycles. The van der Waals surface area contributed by atoms with Gasteiger partial charge < -0.3 is 19.7 Å². The van der Waals surface area contributed by atoms with Gasteiger partial charge in [-0.1, -0.05) is 56.6 Å². The van der Waals surface area contributed by atoms with Crippen molar-refractivity contribution in [1.29, 1.82) is 0 Å². The summed E-state index contributed by atoms with van der Waals surface area (Å²) in [5.74, 6) is 0. The van der Waals surface area contributed by atoms with E-state index in [0.29, 0.717) is 37.6 Å². The Bertz CT molecular complexity index is 1020. The first-order valence-corrected chi connectivity index (χ1v) is 13.2. The van der Waals surface area contributed by atoms with E-state index in [0.717, 1.165) is 25.7 Å². The first-order valence-electron chi connectivity index (χ1n) is 13.2. The molecule has 3 atom stereocenters. The zero-order chi connectivity index (χ0) is 25.8. The van der Waals surface area contributed by atoms with E-state index in [1.807, 2.05) is 0 Å². The molecule has 1 saturated heterocycles. The number of aromatic nitrogens is 5. The minimum atomic E-state index is -0.774. The van der Waals surface area contributed by atoms with Crippen LogP contribution in [-0.2, 0) is 22.6 Å². The number of aryl methyl sites for hydroxylation is 1. The highest BCUT2D eigenvalue weighted by Gasteiger charge is 2.36. The molecule has 1 aliphatic rings. The molecule has 0 unspecified atom stereocenters. The lowest BCUT2D eigenvalue weighted by Gasteiger charge is -2.16. The molecule has 0 amide bonds. The minimum Gasteiger partial charge on any atom is -0.396 e. The molecule has 11 heteroatoms. The largest absolute Gasteiger partial charge is 0.396 e. The molecule has 36 heavy (non-hydrogen) atoms. The van der Waals surface area contributed by atoms with E-state index >= 15 is 0 Å². The first-order chi connectivity index (χ1) is 17.5. The highest BCUT2D eigenvalue weighted by molar-refractivity contribution is 5.02. The van der Waals surface area contributed by atoms with Crippen LogP contribution in [0.15, 0.2) is 22.0 Å². The van der Waals surface area contributed by atoms with Crippen molar-refractivity contribution in [2.24, 2.45) is 0 Å². The summed E-state index contributed by atoms with van der Waals surface area (Å²) in [6.07, 6.45) is 13.3. The molecule has 0 radical (unpaired) electrons. The number of nitrogens with one attached hydrogen (secondary N) is 1. The summed E-state index contributed by atoms with van der Waals surface area (Å²) in [6, 6.07) is 0. The molecule has 3 N–H and O–H groups in total. The molecular formula is C25H41N5O6. The monoisotopic (exact) mass is 507 g/mol. The second-order valence-corrected chi connectivity index (χ2v) is 9.65. The summed E-state index contributed by atoms with van der Waals surface area (Å²) in [6.45, 7) is 3.29. The number of unbranched alkanes of at least 4 members (excludes halogenated alkanes) is 9. The van der Waals surface area contributed by atoms with Crippen LogP contribution >= 0.6 is 0 Å². The maximum Gasteiger partial charge on any atom is 0.330 e. The van der Waals surface area contributed by atoms with Crippen molar-refractivity contribution in [1.82, 2.24) is 24.5 Å². The standard InChI is InChI=1S/C25H41N5O6/c1-19-15-30(25(34)26-24(19)33)23-14-21(32)22(36-23)17-29-16-20(27-28-29)18-35-13-11-9-7-5-3-2-4-6-8-10-12-31/h15-16,21-23,31-32H,2-14,17-18H2,1H3,(H,26,33,34)/t21-,22+,23+/m0/s1. The number of hydrogen-bond donors (Lipinski definition) is 3. The van der Waals surface area contributed by atoms with Crippen LogP contribution < -0.4 is 11.2 Å². The number of hydrogen-bond acceptors (Lipinski definition) is 8. The Hall–Kier alpha value is -2.34. The van der Waals surface area contributed by atoms with Crippen molar-refractivity contribution < 1.29 is 19.7 Å². The van der Waals surface area contributed by atoms with Gasteiger partial charge in [-0.25, -0.2) is 9.48 Å². The van der Waals surface area contributed by atoms with Crippen LogP contribution in [0, 0.1) is 6.92 Å². The predicted octanol–water partition coefficient (Wildman–Crippen LogP) is 2.20. The third-order valence-electron chi connectivity index (χ3n) is 6.56. The van der Waals surface area contributed by atoms with Gasteiger partial charge in [0.25, 0.3) is 5.56 Å². The van der Waals surface area contributed by atoms with Crippen molar-refractivity contribution in [3.63, 3.8) is 0 Å². The summed E-state index contributed by atoms with van der Waals surface area (Å²) in [5, 5.41) is 27.4. The molecule has 2 aromatic rings. The van der Waals surface area contributed by atoms with Crippen LogP contribution in [0.4, 0.5) is 0 Å². The molecule has 2 aromatic heterocycles. The zero-order valence-corrected chi connectivity index (χ0v) is 21.3. The highest BCUT2D eigenvalue weighted by atomic mass is 16.5. The third-order valence-corrected chi connectivity index (χ3v) is 6.56. The van der Waals surface area contributed by atoms with Crippen molar-refractivity contribution in [3.8, 4) is 0 Å². The van der Waals surface area contributed by atoms with Crippen molar-refractivity contribution in [2.75, 3.05) is 13.2 Å². The number of aliphatic hydroxyl groups is 2. The van der Waals surface area contributed by atoms with E-state index in [9.17, 15) is 14.7 Å². The third kappa shape index (κ3) is 8.95. The molecular weight excluding hydrogens is 466 g/mol. The molecule has 0 bridgehead atoms. The Morgan fingerprint density at radius 3 is 2.42 bits per heavy atom. The fraction of sp³-hybridized carbons (Fsp3) is 0.760. The second-order valence-electron chi connectivity index (χ2n) is 9.65. The minimum absolute atomic E-state index is 0.241. The lowest BCUT2D eigenvalue weighted by molar-refractivity contribution is -0.0302. The van der Waals surface area contributed by atoms with Gasteiger partial charge in [0.05, 0.1) is 25.5 Å². The van der Waals surface area contributed by atoms with Crippen LogP contribution in [0.1, 0.15) is 88.1 Å². The lowest BCUT2D eigenvalue weighted by Crippen LogP contribution is -2.33. The van der Waals surface area contributed by atoms with E-state index in [4.69, 9.17) is 14.6 Å². The Morgan fingerprint density at radius 1 is 1.06 bits per heavy atom. The Labute approximate surface area is 211 Å². The van der Waals surface area contributed by atoms with Gasteiger partial charge in [0, 0.05) is 31.4 Å². The van der Waals surface area contributed by atoms with Crippen LogP contribution in [0.5, 0.6) is 0 Å². The van der Waals surface area contributed by atoms with Gasteiger partial charge in [0.1, 0.15) is 18.0 Å². The first kappa shape index (κ1) is 28.2. The SMILES string of the molecule is Cc1cn([C@H]2C[C@H](O)[C@@H](Cn3cc(COCCCCCCCCCCCCO)nn3)O2)c(=O)[nH]c1=O. The summed E-state index contributed by atoms with van der Waals surface area (Å²) < 4.78 is 14.5. The van der Waals surface area contributed by atoms with E-state index in [-0.39, 0.29) is 6.42 Å². The van der Waals surface area contributed by atoms with E-state index < -0.39 is 29.7 Å². The summed E-state index contributed by atoms with van der Waals surface area (Å²) >= 11 is 0. The summed E-state index contributed by atoms with van der Waals surface area (Å²) in [7, 11) is 0. The average Bonchev–Trinajstić information content (AvgIpc) is 3.45. The van der Waals surface area contributed by atoms with Gasteiger partial charge in [-0.05, 0) is 19.8 Å². The maximum atomic E-state index is 12.1. The van der Waals surface area contributed by atoms with Gasteiger partial charge in [-0.3, -0.25) is 14.3 Å². The van der Waals surface area contributed by atoms with Crippen molar-refractivity contribution in [3.05, 3.63) is 44.5 Å². The lowest BCUT2D eigenvalue weighted by atomic mass is 10.1. The molecule has 202 valence electrons. The molecule has 1 fully saturated rings. The summed E-state index contributed by atoms with van der Waals surface area (Å²) in [5.41, 5.74) is 0.126. The quantitative estimate of drug-likeness (QED) is 0.276. The fourth-order valence-corrected chi connectivity index (χ4v) is 4.44. The van der Waals surface area contributed by atoms with Gasteiger partial charge in [-0.2, -0.15) is 0 Å². The van der Waals surface area contributed by atoms with Gasteiger partial charge in [0.2, 0.25) is 0 Å². The number of H-pyrrole nitrogens is 1. The second kappa shape index (κ2) is 15.0. The molecule has 0 spiro atoms. The smallest absolute Gasteiger partial charge is 0.330 e. The predicted molar refractivity (Wildman–Crippen MR) is 134 cm³/mol. The molecule has 3 heterocycles. The number of nitrogens with zero attached hydrogens (tertiary/aromatic N) is 4. The zero-order valence-electron chi connectivity index (χ0n) is 21.3. The van der Waals surface area contributed by atoms with Crippen LogP contribution in [-0.4, -0.2) is 60.2 Å². The average molecular weight is 508 g/mol. The van der Waals surface area contributed by atoms with Crippen molar-refractivity contribution in [2.45, 2.75) is 109 Å². The fourth-order valence-electron chi connectivity index (χ4n) is 4.44. The Morgan fingerprint density at radius 2 is 1.72 bits per heavy atom. The number of ether oxygens (including phenoxy) is 2. The van der Waals surface area contributed by atoms with E-state index in [1.54, 1.807) is 17.8 Å². The van der Waals surface area contributed by atoms with Crippen molar-refractivity contribution >= 4 is 0 Å². The normalized spacial score (nSPS) is 19.8. The number of rotatable bonds is 17. The topological polar surface area (TPSA) is 144 Å². The summed E-state index contributed by atoms with van der Waals surface area (Å²) in [4.78, 5) is 26.0. The van der Waals surface area contributed by atoms with Crippen LogP contribution in [0.25, 0.3) is 0 Å². The number of aliphatic hydroxyl groups excluding tert-OH is 2. The van der Waals surface area contributed by atoms with Gasteiger partial charge >= 0.3 is 5.69 Å². The molecule has 3 rings (SSSR count). The highest BCUT2D eigenvalue weighted by Crippen LogP contribution is 2.28. The maximum absolute atomic E-state index is 12.1. The Balaban J connectivity index is 1.29. The van der Waals surface area contributed by atoms with Crippen LogP contribution in [0.3, 0.4) is 0 Å². The molecule has 1 aliphatic heterocycles. The van der Waals surface area contributed by atoms with E-state index in [1.165, 1.54) is 49.3 Å². The number of aromatic amines is 1. The molecule has 0 saturated carbocycles. The molecule has 0 aliphatic carbocycles. The molecule has 11 nitrogen and oxygen atoms in total. The van der Waals surface area contributed by atoms with Gasteiger partial charge in [0.15, 0.2) is 0 Å². The van der Waals surface area contributed by atoms with E-state index in [2.05, 4.69) is 15.3 Å². The van der Waals surface area contributed by atoms with Crippen LogP contribution in [0.2, 0.25) is 0 Å². The van der Waals surface area contributed by atoms with Gasteiger partial charge in [-0.15, -0.1) is 5.10 Å².